The highest BCUT2D eigenvalue weighted by Crippen LogP contribution is 2.27. The van der Waals surface area contributed by atoms with E-state index in [1.54, 1.807) is 23.1 Å². The molecule has 0 aliphatic carbocycles. The van der Waals surface area contributed by atoms with Crippen LogP contribution in [-0.2, 0) is 4.79 Å². The van der Waals surface area contributed by atoms with Crippen LogP contribution in [0.3, 0.4) is 0 Å². The summed E-state index contributed by atoms with van der Waals surface area (Å²) in [6.07, 6.45) is 2.60. The van der Waals surface area contributed by atoms with Gasteiger partial charge in [-0.05, 0) is 17.7 Å². The first-order valence-electron chi connectivity index (χ1n) is 7.69. The molecule has 24 heavy (non-hydrogen) atoms. The van der Waals surface area contributed by atoms with E-state index >= 15 is 0 Å². The summed E-state index contributed by atoms with van der Waals surface area (Å²) in [5.41, 5.74) is 0.695. The number of halogens is 1. The lowest BCUT2D eigenvalue weighted by Crippen LogP contribution is -2.43. The van der Waals surface area contributed by atoms with Crippen LogP contribution in [0.1, 0.15) is 12.0 Å². The zero-order valence-electron chi connectivity index (χ0n) is 13.3. The zero-order chi connectivity index (χ0) is 17.7. The van der Waals surface area contributed by atoms with Crippen LogP contribution < -0.4 is 5.32 Å². The Labute approximate surface area is 139 Å². The number of aromatic nitrogens is 1. The molecule has 1 aromatic rings. The van der Waals surface area contributed by atoms with E-state index in [-0.39, 0.29) is 18.9 Å². The van der Waals surface area contributed by atoms with Gasteiger partial charge in [-0.1, -0.05) is 12.2 Å². The van der Waals surface area contributed by atoms with Gasteiger partial charge >= 0.3 is 0 Å². The Kier molecular flexibility index (Phi) is 6.38. The molecule has 0 radical (unpaired) electrons. The summed E-state index contributed by atoms with van der Waals surface area (Å²) >= 11 is 0. The number of rotatable bonds is 6. The maximum Gasteiger partial charge on any atom is 0.221 e. The number of hydrogen-bond acceptors (Lipinski definition) is 6. The van der Waals surface area contributed by atoms with Crippen LogP contribution in [0.15, 0.2) is 24.4 Å². The van der Waals surface area contributed by atoms with Gasteiger partial charge in [0.25, 0.3) is 0 Å². The van der Waals surface area contributed by atoms with Gasteiger partial charge < -0.3 is 20.6 Å². The van der Waals surface area contributed by atoms with Crippen molar-refractivity contribution in [2.45, 2.75) is 30.7 Å². The minimum absolute atomic E-state index is 0.0111. The maximum absolute atomic E-state index is 12.8. The van der Waals surface area contributed by atoms with E-state index in [0.717, 1.165) is 0 Å². The summed E-state index contributed by atoms with van der Waals surface area (Å²) in [6.45, 7) is -0.0349. The molecule has 1 fully saturated rings. The molecule has 1 aromatic heterocycles. The van der Waals surface area contributed by atoms with E-state index in [9.17, 15) is 24.5 Å². The second kappa shape index (κ2) is 8.29. The topological polar surface area (TPSA) is 106 Å². The zero-order valence-corrected chi connectivity index (χ0v) is 13.3. The van der Waals surface area contributed by atoms with E-state index in [4.69, 9.17) is 0 Å². The summed E-state index contributed by atoms with van der Waals surface area (Å²) in [7, 11) is 1.50. The number of nitrogens with one attached hydrogen (secondary N) is 1. The fourth-order valence-electron chi connectivity index (χ4n) is 2.90. The Morgan fingerprint density at radius 2 is 2.08 bits per heavy atom. The maximum atomic E-state index is 12.8. The Balaban J connectivity index is 2.10. The molecule has 0 bridgehead atoms. The third-order valence-corrected chi connectivity index (χ3v) is 4.23. The molecule has 7 nitrogen and oxygen atoms in total. The number of likely N-dealkylation sites (tertiary alicyclic amines) is 1. The SMILES string of the molecule is CNC(=O)CC1C(O)C(O)C(CO)N1CC=Cc1ccc(F)nc1. The van der Waals surface area contributed by atoms with Gasteiger partial charge in [0, 0.05) is 32.3 Å². The summed E-state index contributed by atoms with van der Waals surface area (Å²) in [5, 5.41) is 32.2. The van der Waals surface area contributed by atoms with Crippen LogP contribution in [0.25, 0.3) is 6.08 Å². The molecule has 0 saturated carbocycles. The molecule has 0 aromatic carbocycles. The monoisotopic (exact) mass is 339 g/mol. The quantitative estimate of drug-likeness (QED) is 0.503. The van der Waals surface area contributed by atoms with Gasteiger partial charge in [0.1, 0.15) is 0 Å². The lowest BCUT2D eigenvalue weighted by molar-refractivity contribution is -0.122. The fourth-order valence-corrected chi connectivity index (χ4v) is 2.90. The van der Waals surface area contributed by atoms with Gasteiger partial charge in [-0.25, -0.2) is 4.98 Å². The van der Waals surface area contributed by atoms with Gasteiger partial charge in [0.15, 0.2) is 0 Å². The molecule has 2 heterocycles. The molecule has 4 atom stereocenters. The van der Waals surface area contributed by atoms with E-state index in [0.29, 0.717) is 12.1 Å². The van der Waals surface area contributed by atoms with E-state index in [1.165, 1.54) is 19.3 Å². The molecule has 8 heteroatoms. The second-order valence-electron chi connectivity index (χ2n) is 5.69. The van der Waals surface area contributed by atoms with E-state index in [1.807, 2.05) is 0 Å². The predicted molar refractivity (Wildman–Crippen MR) is 85.3 cm³/mol. The third kappa shape index (κ3) is 4.15. The molecule has 0 spiro atoms. The largest absolute Gasteiger partial charge is 0.395 e. The number of aliphatic hydroxyl groups is 3. The highest BCUT2D eigenvalue weighted by atomic mass is 19.1. The minimum Gasteiger partial charge on any atom is -0.395 e. The number of carbonyl (C=O) groups is 1. The molecule has 2 rings (SSSR count). The van der Waals surface area contributed by atoms with E-state index in [2.05, 4.69) is 10.3 Å². The molecule has 1 aliphatic heterocycles. The van der Waals surface area contributed by atoms with Gasteiger partial charge in [-0.2, -0.15) is 4.39 Å². The standard InChI is InChI=1S/C16H22FN3O4/c1-18-14(22)7-11-15(23)16(24)12(9-21)20(11)6-2-3-10-4-5-13(17)19-8-10/h2-5,8,11-12,15-16,21,23-24H,6-7,9H2,1H3,(H,18,22). The molecule has 1 saturated heterocycles. The number of pyridine rings is 1. The Bertz CT molecular complexity index is 581. The summed E-state index contributed by atoms with van der Waals surface area (Å²) in [5.74, 6) is -0.828. The fraction of sp³-hybridized carbons (Fsp3) is 0.500. The highest BCUT2D eigenvalue weighted by molar-refractivity contribution is 5.76. The van der Waals surface area contributed by atoms with Crippen LogP contribution >= 0.6 is 0 Å². The number of amides is 1. The Hall–Kier alpha value is -1.87. The minimum atomic E-state index is -1.13. The second-order valence-corrected chi connectivity index (χ2v) is 5.69. The van der Waals surface area contributed by atoms with Crippen molar-refractivity contribution in [1.82, 2.24) is 15.2 Å². The van der Waals surface area contributed by atoms with Crippen molar-refractivity contribution in [2.24, 2.45) is 0 Å². The van der Waals surface area contributed by atoms with Gasteiger partial charge in [-0.15, -0.1) is 0 Å². The number of aliphatic hydroxyl groups excluding tert-OH is 3. The normalized spacial score (nSPS) is 27.7. The van der Waals surface area contributed by atoms with Crippen LogP contribution in [0, 0.1) is 5.95 Å². The van der Waals surface area contributed by atoms with Crippen LogP contribution in [0.2, 0.25) is 0 Å². The molecule has 4 N–H and O–H groups in total. The smallest absolute Gasteiger partial charge is 0.221 e. The summed E-state index contributed by atoms with van der Waals surface area (Å²) in [4.78, 5) is 16.9. The first-order valence-corrected chi connectivity index (χ1v) is 7.69. The number of hydrogen-bond donors (Lipinski definition) is 4. The average molecular weight is 339 g/mol. The van der Waals surface area contributed by atoms with E-state index < -0.39 is 30.2 Å². The van der Waals surface area contributed by atoms with Crippen LogP contribution in [0.5, 0.6) is 0 Å². The molecular formula is C16H22FN3O4. The Morgan fingerprint density at radius 3 is 2.67 bits per heavy atom. The number of nitrogens with zero attached hydrogens (tertiary/aromatic N) is 2. The van der Waals surface area contributed by atoms with Crippen molar-refractivity contribution in [2.75, 3.05) is 20.2 Å². The summed E-state index contributed by atoms with van der Waals surface area (Å²) in [6, 6.07) is 1.55. The summed E-state index contributed by atoms with van der Waals surface area (Å²) < 4.78 is 12.8. The Morgan fingerprint density at radius 1 is 1.38 bits per heavy atom. The highest BCUT2D eigenvalue weighted by Gasteiger charge is 2.47. The molecule has 1 aliphatic rings. The molecule has 4 unspecified atom stereocenters. The lowest BCUT2D eigenvalue weighted by atomic mass is 10.1. The number of carbonyl (C=O) groups excluding carboxylic acids is 1. The van der Waals surface area contributed by atoms with Crippen molar-refractivity contribution in [3.8, 4) is 0 Å². The van der Waals surface area contributed by atoms with Crippen LogP contribution in [0.4, 0.5) is 4.39 Å². The van der Waals surface area contributed by atoms with Crippen molar-refractivity contribution in [3.63, 3.8) is 0 Å². The first-order chi connectivity index (χ1) is 11.5. The molecule has 1 amide bonds. The average Bonchev–Trinajstić information content (AvgIpc) is 2.80. The van der Waals surface area contributed by atoms with Crippen molar-refractivity contribution in [1.29, 1.82) is 0 Å². The van der Waals surface area contributed by atoms with Crippen molar-refractivity contribution >= 4 is 12.0 Å². The first kappa shape index (κ1) is 18.5. The molecular weight excluding hydrogens is 317 g/mol. The van der Waals surface area contributed by atoms with Gasteiger partial charge in [0.05, 0.1) is 24.9 Å². The predicted octanol–water partition coefficient (Wildman–Crippen LogP) is -0.863. The van der Waals surface area contributed by atoms with Crippen molar-refractivity contribution < 1.29 is 24.5 Å². The lowest BCUT2D eigenvalue weighted by Gasteiger charge is -2.28. The third-order valence-electron chi connectivity index (χ3n) is 4.23. The van der Waals surface area contributed by atoms with Crippen LogP contribution in [-0.4, -0.2) is 75.6 Å². The van der Waals surface area contributed by atoms with Gasteiger partial charge in [-0.3, -0.25) is 9.69 Å². The van der Waals surface area contributed by atoms with Gasteiger partial charge in [0.2, 0.25) is 11.9 Å². The van der Waals surface area contributed by atoms with Crippen molar-refractivity contribution in [3.05, 3.63) is 35.9 Å². The molecule has 132 valence electrons.